The average molecular weight is 278 g/mol. The predicted octanol–water partition coefficient (Wildman–Crippen LogP) is 2.98. The van der Waals surface area contributed by atoms with Gasteiger partial charge in [0.25, 0.3) is 0 Å². The van der Waals surface area contributed by atoms with Crippen LogP contribution in [0, 0.1) is 12.7 Å². The van der Waals surface area contributed by atoms with E-state index in [1.165, 1.54) is 18.2 Å². The largest absolute Gasteiger partial charge is 0.487 e. The van der Waals surface area contributed by atoms with Gasteiger partial charge < -0.3 is 9.84 Å². The molecule has 1 heterocycles. The first-order valence-corrected chi connectivity index (χ1v) is 6.65. The third-order valence-electron chi connectivity index (χ3n) is 3.08. The molecule has 1 atom stereocenters. The maximum absolute atomic E-state index is 13.2. The van der Waals surface area contributed by atoms with Gasteiger partial charge in [-0.2, -0.15) is 5.10 Å². The molecule has 1 aromatic carbocycles. The second kappa shape index (κ2) is 6.05. The third-order valence-corrected chi connectivity index (χ3v) is 3.08. The highest BCUT2D eigenvalue weighted by molar-refractivity contribution is 5.35. The van der Waals surface area contributed by atoms with Crippen molar-refractivity contribution in [1.29, 1.82) is 0 Å². The van der Waals surface area contributed by atoms with Gasteiger partial charge in [0, 0.05) is 12.1 Å². The van der Waals surface area contributed by atoms with Crippen molar-refractivity contribution in [2.45, 2.75) is 40.0 Å². The lowest BCUT2D eigenvalue weighted by Crippen LogP contribution is -2.07. The van der Waals surface area contributed by atoms with Crippen LogP contribution in [0.15, 0.2) is 24.3 Å². The molecule has 0 unspecified atom stereocenters. The van der Waals surface area contributed by atoms with E-state index < -0.39 is 6.10 Å². The lowest BCUT2D eigenvalue weighted by molar-refractivity contribution is 0.188. The third kappa shape index (κ3) is 3.17. The number of aryl methyl sites for hydroxylation is 2. The Hall–Kier alpha value is -1.88. The molecule has 1 N–H and O–H groups in total. The van der Waals surface area contributed by atoms with E-state index in [0.717, 1.165) is 17.9 Å². The molecular weight excluding hydrogens is 259 g/mol. The van der Waals surface area contributed by atoms with Gasteiger partial charge >= 0.3 is 0 Å². The number of benzene rings is 1. The van der Waals surface area contributed by atoms with Crippen molar-refractivity contribution >= 4 is 0 Å². The summed E-state index contributed by atoms with van der Waals surface area (Å²) in [6.45, 7) is 6.62. The van der Waals surface area contributed by atoms with Crippen molar-refractivity contribution in [2.75, 3.05) is 0 Å². The molecule has 1 aromatic heterocycles. The Kier molecular flexibility index (Phi) is 4.39. The Balaban J connectivity index is 2.18. The van der Waals surface area contributed by atoms with E-state index in [1.54, 1.807) is 6.92 Å². The Morgan fingerprint density at radius 1 is 1.40 bits per heavy atom. The summed E-state index contributed by atoms with van der Waals surface area (Å²) in [5, 5.41) is 14.0. The number of rotatable bonds is 5. The Morgan fingerprint density at radius 3 is 2.80 bits per heavy atom. The zero-order chi connectivity index (χ0) is 14.7. The van der Waals surface area contributed by atoms with Crippen LogP contribution in [0.25, 0.3) is 0 Å². The summed E-state index contributed by atoms with van der Waals surface area (Å²) in [6, 6.07) is 6.11. The van der Waals surface area contributed by atoms with Gasteiger partial charge in [-0.05, 0) is 45.0 Å². The van der Waals surface area contributed by atoms with Crippen molar-refractivity contribution < 1.29 is 14.2 Å². The van der Waals surface area contributed by atoms with Crippen LogP contribution in [0.5, 0.6) is 5.75 Å². The van der Waals surface area contributed by atoms with Gasteiger partial charge in [-0.3, -0.25) is 4.68 Å². The van der Waals surface area contributed by atoms with E-state index in [9.17, 15) is 9.50 Å². The van der Waals surface area contributed by atoms with Gasteiger partial charge in [0.2, 0.25) is 0 Å². The number of nitrogens with zero attached hydrogens (tertiary/aromatic N) is 2. The molecule has 2 aromatic rings. The minimum absolute atomic E-state index is 0.333. The highest BCUT2D eigenvalue weighted by atomic mass is 19.1. The molecule has 0 aliphatic rings. The molecule has 0 radical (unpaired) electrons. The summed E-state index contributed by atoms with van der Waals surface area (Å²) in [4.78, 5) is 0. The highest BCUT2D eigenvalue weighted by Gasteiger charge is 2.12. The van der Waals surface area contributed by atoms with Crippen LogP contribution in [0.3, 0.4) is 0 Å². The molecule has 0 fully saturated rings. The minimum atomic E-state index is -0.779. The molecule has 20 heavy (non-hydrogen) atoms. The summed E-state index contributed by atoms with van der Waals surface area (Å²) < 4.78 is 20.8. The van der Waals surface area contributed by atoms with Crippen molar-refractivity contribution in [3.8, 4) is 5.75 Å². The van der Waals surface area contributed by atoms with Gasteiger partial charge in [0.05, 0.1) is 17.5 Å². The molecule has 0 saturated heterocycles. The molecule has 2 rings (SSSR count). The van der Waals surface area contributed by atoms with Crippen LogP contribution >= 0.6 is 0 Å². The maximum atomic E-state index is 13.2. The molecule has 108 valence electrons. The summed E-state index contributed by atoms with van der Waals surface area (Å²) in [7, 11) is 0. The van der Waals surface area contributed by atoms with Crippen molar-refractivity contribution in [1.82, 2.24) is 9.78 Å². The van der Waals surface area contributed by atoms with E-state index in [0.29, 0.717) is 17.9 Å². The van der Waals surface area contributed by atoms with Crippen molar-refractivity contribution in [3.63, 3.8) is 0 Å². The van der Waals surface area contributed by atoms with E-state index in [-0.39, 0.29) is 5.82 Å². The van der Waals surface area contributed by atoms with Gasteiger partial charge in [0.1, 0.15) is 18.2 Å². The number of halogens is 1. The van der Waals surface area contributed by atoms with Crippen LogP contribution in [-0.4, -0.2) is 14.9 Å². The predicted molar refractivity (Wildman–Crippen MR) is 74.0 cm³/mol. The fourth-order valence-electron chi connectivity index (χ4n) is 2.12. The fraction of sp³-hybridized carbons (Fsp3) is 0.400. The number of aliphatic hydroxyl groups is 1. The van der Waals surface area contributed by atoms with Crippen LogP contribution < -0.4 is 4.74 Å². The smallest absolute Gasteiger partial charge is 0.130 e. The maximum Gasteiger partial charge on any atom is 0.130 e. The van der Waals surface area contributed by atoms with Crippen molar-refractivity contribution in [3.05, 3.63) is 47.0 Å². The Labute approximate surface area is 117 Å². The molecule has 0 aliphatic carbocycles. The number of aliphatic hydroxyl groups excluding tert-OH is 1. The standard InChI is InChI=1S/C15H19FN2O2/c1-4-18-13(7-10(2)17-18)9-20-15-6-5-12(16)8-14(15)11(3)19/h5-8,11,19H,4,9H2,1-3H3/t11-/m0/s1. The lowest BCUT2D eigenvalue weighted by atomic mass is 10.1. The topological polar surface area (TPSA) is 47.3 Å². The second-order valence-electron chi connectivity index (χ2n) is 4.74. The van der Waals surface area contributed by atoms with Crippen LogP contribution in [0.4, 0.5) is 4.39 Å². The van der Waals surface area contributed by atoms with Crippen LogP contribution in [0.2, 0.25) is 0 Å². The van der Waals surface area contributed by atoms with Gasteiger partial charge in [-0.1, -0.05) is 0 Å². The zero-order valence-corrected chi connectivity index (χ0v) is 11.9. The molecule has 4 nitrogen and oxygen atoms in total. The Bertz CT molecular complexity index is 594. The molecular formula is C15H19FN2O2. The average Bonchev–Trinajstić information content (AvgIpc) is 2.77. The lowest BCUT2D eigenvalue weighted by Gasteiger charge is -2.14. The molecule has 0 saturated carbocycles. The Morgan fingerprint density at radius 2 is 2.15 bits per heavy atom. The summed E-state index contributed by atoms with van der Waals surface area (Å²) in [5.41, 5.74) is 2.33. The summed E-state index contributed by atoms with van der Waals surface area (Å²) >= 11 is 0. The first-order valence-electron chi connectivity index (χ1n) is 6.65. The first kappa shape index (κ1) is 14.5. The molecule has 0 aliphatic heterocycles. The molecule has 0 bridgehead atoms. The first-order chi connectivity index (χ1) is 9.51. The highest BCUT2D eigenvalue weighted by Crippen LogP contribution is 2.26. The molecule has 5 heteroatoms. The minimum Gasteiger partial charge on any atom is -0.487 e. The number of hydrogen-bond acceptors (Lipinski definition) is 3. The van der Waals surface area contributed by atoms with Gasteiger partial charge in [-0.25, -0.2) is 4.39 Å². The molecule has 0 amide bonds. The van der Waals surface area contributed by atoms with Gasteiger partial charge in [0.15, 0.2) is 0 Å². The summed E-state index contributed by atoms with van der Waals surface area (Å²) in [6.07, 6.45) is -0.779. The SMILES string of the molecule is CCn1nc(C)cc1COc1ccc(F)cc1[C@H](C)O. The second-order valence-corrected chi connectivity index (χ2v) is 4.74. The van der Waals surface area contributed by atoms with Crippen LogP contribution in [0.1, 0.15) is 36.9 Å². The number of hydrogen-bond donors (Lipinski definition) is 1. The quantitative estimate of drug-likeness (QED) is 0.914. The molecule has 0 spiro atoms. The van der Waals surface area contributed by atoms with E-state index in [4.69, 9.17) is 4.74 Å². The van der Waals surface area contributed by atoms with Crippen molar-refractivity contribution in [2.24, 2.45) is 0 Å². The van der Waals surface area contributed by atoms with Crippen LogP contribution in [-0.2, 0) is 13.2 Å². The van der Waals surface area contributed by atoms with E-state index in [2.05, 4.69) is 5.10 Å². The normalized spacial score (nSPS) is 12.4. The van der Waals surface area contributed by atoms with Gasteiger partial charge in [-0.15, -0.1) is 0 Å². The number of aromatic nitrogens is 2. The number of ether oxygens (including phenoxy) is 1. The van der Waals surface area contributed by atoms with E-state index in [1.807, 2.05) is 24.6 Å². The fourth-order valence-corrected chi connectivity index (χ4v) is 2.12. The zero-order valence-electron chi connectivity index (χ0n) is 11.9. The summed E-state index contributed by atoms with van der Waals surface area (Å²) in [5.74, 6) is 0.102. The van der Waals surface area contributed by atoms with E-state index >= 15 is 0 Å². The monoisotopic (exact) mass is 278 g/mol.